The first-order valence-corrected chi connectivity index (χ1v) is 19.4. The molecule has 44 heavy (non-hydrogen) atoms. The van der Waals surface area contributed by atoms with Crippen molar-refractivity contribution in [1.29, 1.82) is 0 Å². The summed E-state index contributed by atoms with van der Waals surface area (Å²) < 4.78 is 0. The fourth-order valence-electron chi connectivity index (χ4n) is 6.36. The van der Waals surface area contributed by atoms with Gasteiger partial charge in [-0.3, -0.25) is 0 Å². The van der Waals surface area contributed by atoms with Gasteiger partial charge in [-0.1, -0.05) is 194 Å². The largest absolute Gasteiger partial charge is 0.0742 e. The van der Waals surface area contributed by atoms with Crippen LogP contribution in [0.3, 0.4) is 0 Å². The Morgan fingerprint density at radius 2 is 0.455 bits per heavy atom. The molecule has 0 amide bonds. The molecule has 0 fully saturated rings. The molecule has 0 N–H and O–H groups in total. The zero-order valence-corrected chi connectivity index (χ0v) is 27.0. The van der Waals surface area contributed by atoms with E-state index < -0.39 is 13.8 Å². The number of hydrogen-bond acceptors (Lipinski definition) is 0. The molecule has 0 aliphatic heterocycles. The Morgan fingerprint density at radius 1 is 0.273 bits per heavy atom. The van der Waals surface area contributed by atoms with Gasteiger partial charge in [0.15, 0.2) is 0 Å². The van der Waals surface area contributed by atoms with Crippen LogP contribution in [0.1, 0.15) is 25.7 Å². The molecule has 0 radical (unpaired) electrons. The lowest BCUT2D eigenvalue weighted by Crippen LogP contribution is -2.27. The lowest BCUT2D eigenvalue weighted by atomic mass is 10.2. The van der Waals surface area contributed by atoms with Crippen molar-refractivity contribution in [3.05, 3.63) is 182 Å². The first-order valence-electron chi connectivity index (χ1n) is 15.6. The number of rotatable bonds is 11. The second kappa shape index (κ2) is 14.6. The van der Waals surface area contributed by atoms with E-state index in [1.54, 1.807) is 0 Å². The second-order valence-corrected chi connectivity index (χ2v) is 17.8. The Morgan fingerprint density at radius 3 is 0.636 bits per heavy atom. The van der Waals surface area contributed by atoms with Crippen LogP contribution in [0.4, 0.5) is 0 Å². The minimum Gasteiger partial charge on any atom is -0.0742 e. The molecule has 0 spiro atoms. The zero-order chi connectivity index (χ0) is 29.9. The maximum Gasteiger partial charge on any atom is -0.0163 e. The molecule has 6 rings (SSSR count). The minimum absolute atomic E-state index is 1.08. The summed E-state index contributed by atoms with van der Waals surface area (Å²) in [5.74, 6) is 5.36. The van der Waals surface area contributed by atoms with E-state index >= 15 is 0 Å². The van der Waals surface area contributed by atoms with Crippen molar-refractivity contribution < 1.29 is 0 Å². The third-order valence-electron chi connectivity index (χ3n) is 8.44. The fraction of sp³-hybridized carbons (Fsp3) is 0.0952. The highest BCUT2D eigenvalue weighted by molar-refractivity contribution is 7.94. The molecule has 0 saturated heterocycles. The van der Waals surface area contributed by atoms with E-state index in [9.17, 15) is 0 Å². The van der Waals surface area contributed by atoms with Crippen LogP contribution < -0.4 is 31.8 Å². The summed E-state index contributed by atoms with van der Waals surface area (Å²) in [6, 6.07) is 67.1. The molecule has 0 atom stereocenters. The van der Waals surface area contributed by atoms with E-state index in [1.807, 2.05) is 0 Å². The first kappa shape index (κ1) is 30.0. The van der Waals surface area contributed by atoms with E-state index in [0.717, 1.165) is 25.7 Å². The van der Waals surface area contributed by atoms with Crippen LogP contribution in [0.15, 0.2) is 182 Å². The average Bonchev–Trinajstić information content (AvgIpc) is 3.12. The predicted octanol–water partition coefficient (Wildman–Crippen LogP) is 8.14. The van der Waals surface area contributed by atoms with Crippen molar-refractivity contribution in [3.63, 3.8) is 0 Å². The SMILES string of the molecule is C(CCCCC=P(c1ccccc1)(c1ccccc1)c1ccccc1)=P(c1ccccc1)(c1ccccc1)c1ccccc1. The van der Waals surface area contributed by atoms with E-state index in [2.05, 4.69) is 194 Å². The van der Waals surface area contributed by atoms with E-state index in [1.165, 1.54) is 31.8 Å². The van der Waals surface area contributed by atoms with Gasteiger partial charge in [0.25, 0.3) is 0 Å². The molecule has 0 aromatic heterocycles. The van der Waals surface area contributed by atoms with Crippen molar-refractivity contribution in [2.45, 2.75) is 25.7 Å². The van der Waals surface area contributed by atoms with Crippen LogP contribution in [-0.4, -0.2) is 11.6 Å². The summed E-state index contributed by atoms with van der Waals surface area (Å²) >= 11 is 0. The van der Waals surface area contributed by atoms with E-state index in [-0.39, 0.29) is 0 Å². The molecule has 0 nitrogen and oxygen atoms in total. The molecule has 0 unspecified atom stereocenters. The van der Waals surface area contributed by atoms with Crippen molar-refractivity contribution in [2.75, 3.05) is 0 Å². The van der Waals surface area contributed by atoms with Crippen LogP contribution in [0.5, 0.6) is 0 Å². The number of hydrogen-bond donors (Lipinski definition) is 0. The summed E-state index contributed by atoms with van der Waals surface area (Å²) in [5.41, 5.74) is 0. The Kier molecular flexibility index (Phi) is 9.94. The van der Waals surface area contributed by atoms with Crippen molar-refractivity contribution in [1.82, 2.24) is 0 Å². The molecule has 218 valence electrons. The lowest BCUT2D eigenvalue weighted by molar-refractivity contribution is 0.813. The molecular weight excluding hydrogens is 566 g/mol. The molecule has 6 aromatic rings. The summed E-state index contributed by atoms with van der Waals surface area (Å²) in [7, 11) is 0. The molecule has 6 aromatic carbocycles. The summed E-state index contributed by atoms with van der Waals surface area (Å²) in [6.07, 6.45) is 4.47. The van der Waals surface area contributed by atoms with E-state index in [0.29, 0.717) is 0 Å². The Hall–Kier alpha value is -4.08. The van der Waals surface area contributed by atoms with Crippen molar-refractivity contribution >= 4 is 57.2 Å². The van der Waals surface area contributed by atoms with Gasteiger partial charge in [0.1, 0.15) is 0 Å². The van der Waals surface area contributed by atoms with Gasteiger partial charge in [0, 0.05) is 0 Å². The summed E-state index contributed by atoms with van der Waals surface area (Å²) in [5, 5.41) is 8.53. The van der Waals surface area contributed by atoms with Gasteiger partial charge >= 0.3 is 0 Å². The van der Waals surface area contributed by atoms with Crippen LogP contribution in [0.25, 0.3) is 0 Å². The quantitative estimate of drug-likeness (QED) is 0.103. The van der Waals surface area contributed by atoms with E-state index in [4.69, 9.17) is 0 Å². The van der Waals surface area contributed by atoms with Crippen LogP contribution in [-0.2, 0) is 0 Å². The molecule has 0 saturated carbocycles. The topological polar surface area (TPSA) is 0 Å². The Balaban J connectivity index is 1.36. The van der Waals surface area contributed by atoms with Crippen LogP contribution in [0, 0.1) is 0 Å². The highest BCUT2D eigenvalue weighted by atomic mass is 31.2. The molecule has 0 bridgehead atoms. The highest BCUT2D eigenvalue weighted by Gasteiger charge is 2.25. The standard InChI is InChI=1S/C42H40P2/c1(21-35-43(37-23-9-3-10-24-37,38-25-11-4-12-26-38)39-27-13-5-14-28-39)2-22-36-44(40-29-15-6-16-30-40,41-31-17-7-18-32-41)42-33-19-8-20-34-42/h3-20,23-36H,1-2,21-22H2. The maximum atomic E-state index is 2.68. The van der Waals surface area contributed by atoms with Gasteiger partial charge in [0.05, 0.1) is 0 Å². The zero-order valence-electron chi connectivity index (χ0n) is 25.2. The lowest BCUT2D eigenvalue weighted by Gasteiger charge is -2.29. The Labute approximate surface area is 264 Å². The number of unbranched alkanes of at least 4 members (excludes halogenated alkanes) is 3. The van der Waals surface area contributed by atoms with Gasteiger partial charge in [-0.25, -0.2) is 0 Å². The van der Waals surface area contributed by atoms with Crippen LogP contribution in [0.2, 0.25) is 0 Å². The van der Waals surface area contributed by atoms with Gasteiger partial charge in [-0.2, -0.15) is 0 Å². The van der Waals surface area contributed by atoms with Gasteiger partial charge in [-0.15, -0.1) is 0 Å². The molecule has 0 aliphatic rings. The van der Waals surface area contributed by atoms with Crippen molar-refractivity contribution in [2.24, 2.45) is 0 Å². The minimum atomic E-state index is -1.91. The molecular formula is C42H40P2. The number of benzene rings is 6. The predicted molar refractivity (Wildman–Crippen MR) is 201 cm³/mol. The fourth-order valence-corrected chi connectivity index (χ4v) is 14.4. The monoisotopic (exact) mass is 606 g/mol. The molecule has 2 heteroatoms. The average molecular weight is 607 g/mol. The van der Waals surface area contributed by atoms with Gasteiger partial charge < -0.3 is 0 Å². The summed E-state index contributed by atoms with van der Waals surface area (Å²) in [6.45, 7) is -3.81. The van der Waals surface area contributed by atoms with Crippen molar-refractivity contribution in [3.8, 4) is 0 Å². The molecule has 0 heterocycles. The third-order valence-corrected chi connectivity index (χ3v) is 16.7. The second-order valence-electron chi connectivity index (χ2n) is 11.1. The first-order chi connectivity index (χ1) is 21.8. The normalized spacial score (nSPS) is 11.5. The van der Waals surface area contributed by atoms with Crippen LogP contribution >= 0.6 is 13.8 Å². The third kappa shape index (κ3) is 6.25. The summed E-state index contributed by atoms with van der Waals surface area (Å²) in [4.78, 5) is 0. The Bertz CT molecular complexity index is 1480. The molecule has 0 aliphatic carbocycles. The highest BCUT2D eigenvalue weighted by Crippen LogP contribution is 2.45. The van der Waals surface area contributed by atoms with Gasteiger partial charge in [0.2, 0.25) is 0 Å². The maximum absolute atomic E-state index is 2.68. The van der Waals surface area contributed by atoms with Gasteiger partial charge in [-0.05, 0) is 71.3 Å². The smallest absolute Gasteiger partial charge is 0.0163 e.